The van der Waals surface area contributed by atoms with Crippen molar-refractivity contribution in [3.8, 4) is 0 Å². The number of alkyl halides is 3. The lowest BCUT2D eigenvalue weighted by atomic mass is 10.2. The van der Waals surface area contributed by atoms with Crippen LogP contribution in [0.3, 0.4) is 0 Å². The van der Waals surface area contributed by atoms with Gasteiger partial charge < -0.3 is 5.32 Å². The molecule has 0 aromatic rings. The Morgan fingerprint density at radius 2 is 2.10 bits per heavy atom. The summed E-state index contributed by atoms with van der Waals surface area (Å²) in [4.78, 5) is 10.3. The Morgan fingerprint density at radius 1 is 1.50 bits per heavy atom. The lowest BCUT2D eigenvalue weighted by Gasteiger charge is -2.12. The van der Waals surface area contributed by atoms with Crippen LogP contribution >= 0.6 is 0 Å². The molecule has 0 saturated carbocycles. The first-order chi connectivity index (χ1) is 4.50. The van der Waals surface area contributed by atoms with Crippen molar-refractivity contribution in [3.63, 3.8) is 0 Å². The van der Waals surface area contributed by atoms with E-state index in [1.165, 1.54) is 0 Å². The summed E-state index contributed by atoms with van der Waals surface area (Å²) in [7, 11) is 0. The van der Waals surface area contributed by atoms with Crippen LogP contribution in [0.2, 0.25) is 0 Å². The number of halogens is 3. The molecule has 0 aromatic heterocycles. The van der Waals surface area contributed by atoms with E-state index in [1.54, 1.807) is 0 Å². The summed E-state index contributed by atoms with van der Waals surface area (Å²) in [6.45, 7) is 0. The lowest BCUT2D eigenvalue weighted by molar-refractivity contribution is -0.154. The topological polar surface area (TPSA) is 29.1 Å². The second-order valence-electron chi connectivity index (χ2n) is 2.20. The fourth-order valence-electron chi connectivity index (χ4n) is 0.860. The maximum atomic E-state index is 11.7. The normalized spacial score (nSPS) is 26.7. The highest BCUT2D eigenvalue weighted by molar-refractivity contribution is 5.78. The molecular formula is C5H6F3NO. The van der Waals surface area contributed by atoms with E-state index in [9.17, 15) is 18.0 Å². The van der Waals surface area contributed by atoms with Gasteiger partial charge in [0.1, 0.15) is 6.04 Å². The molecule has 1 fully saturated rings. The molecule has 0 bridgehead atoms. The van der Waals surface area contributed by atoms with Crippen LogP contribution in [0.1, 0.15) is 12.8 Å². The highest BCUT2D eigenvalue weighted by Gasteiger charge is 2.43. The summed E-state index contributed by atoms with van der Waals surface area (Å²) >= 11 is 0. The first-order valence-electron chi connectivity index (χ1n) is 2.86. The van der Waals surface area contributed by atoms with Gasteiger partial charge in [0.2, 0.25) is 5.91 Å². The minimum atomic E-state index is -4.27. The fourth-order valence-corrected chi connectivity index (χ4v) is 0.860. The van der Waals surface area contributed by atoms with Crippen LogP contribution in [0, 0.1) is 0 Å². The van der Waals surface area contributed by atoms with Gasteiger partial charge in [-0.25, -0.2) is 0 Å². The van der Waals surface area contributed by atoms with Crippen molar-refractivity contribution in [2.75, 3.05) is 0 Å². The van der Waals surface area contributed by atoms with Crippen LogP contribution < -0.4 is 5.32 Å². The molecule has 1 rings (SSSR count). The minimum absolute atomic E-state index is 0.00975. The Balaban J connectivity index is 2.53. The summed E-state index contributed by atoms with van der Waals surface area (Å²) in [6.07, 6.45) is -4.40. The minimum Gasteiger partial charge on any atom is -0.344 e. The number of hydrogen-bond donors (Lipinski definition) is 1. The van der Waals surface area contributed by atoms with Crippen molar-refractivity contribution in [2.24, 2.45) is 0 Å². The van der Waals surface area contributed by atoms with Crippen LogP contribution in [0.25, 0.3) is 0 Å². The van der Waals surface area contributed by atoms with Crippen molar-refractivity contribution in [2.45, 2.75) is 25.1 Å². The first-order valence-corrected chi connectivity index (χ1v) is 2.86. The zero-order chi connectivity index (χ0) is 7.78. The summed E-state index contributed by atoms with van der Waals surface area (Å²) in [6, 6.07) is -1.61. The largest absolute Gasteiger partial charge is 0.408 e. The van der Waals surface area contributed by atoms with E-state index in [-0.39, 0.29) is 12.8 Å². The average Bonchev–Trinajstić information content (AvgIpc) is 2.11. The Morgan fingerprint density at radius 3 is 2.30 bits per heavy atom. The van der Waals surface area contributed by atoms with Crippen molar-refractivity contribution >= 4 is 5.91 Å². The highest BCUT2D eigenvalue weighted by Crippen LogP contribution is 2.26. The molecule has 1 N–H and O–H groups in total. The monoisotopic (exact) mass is 153 g/mol. The van der Waals surface area contributed by atoms with Crippen molar-refractivity contribution in [1.82, 2.24) is 5.32 Å². The van der Waals surface area contributed by atoms with Gasteiger partial charge in [-0.05, 0) is 6.42 Å². The predicted octanol–water partition coefficient (Wildman–Crippen LogP) is 0.827. The van der Waals surface area contributed by atoms with Crippen LogP contribution in [0.5, 0.6) is 0 Å². The quantitative estimate of drug-likeness (QED) is 0.548. The van der Waals surface area contributed by atoms with E-state index in [0.717, 1.165) is 0 Å². The second-order valence-corrected chi connectivity index (χ2v) is 2.20. The molecule has 2 nitrogen and oxygen atoms in total. The maximum absolute atomic E-state index is 11.7. The predicted molar refractivity (Wildman–Crippen MR) is 27.2 cm³/mol. The van der Waals surface area contributed by atoms with Gasteiger partial charge in [0.05, 0.1) is 0 Å². The first kappa shape index (κ1) is 7.37. The third-order valence-electron chi connectivity index (χ3n) is 1.39. The smallest absolute Gasteiger partial charge is 0.344 e. The standard InChI is InChI=1S/C5H6F3NO/c6-5(7,8)3-1-2-4(10)9-3/h3H,1-2H2,(H,9,10). The van der Waals surface area contributed by atoms with Crippen LogP contribution in [-0.4, -0.2) is 18.1 Å². The van der Waals surface area contributed by atoms with Gasteiger partial charge >= 0.3 is 6.18 Å². The van der Waals surface area contributed by atoms with Gasteiger partial charge in [-0.3, -0.25) is 4.79 Å². The molecule has 0 aromatic carbocycles. The third-order valence-corrected chi connectivity index (χ3v) is 1.39. The zero-order valence-electron chi connectivity index (χ0n) is 5.03. The molecule has 1 saturated heterocycles. The number of carbonyl (C=O) groups is 1. The molecule has 1 aliphatic rings. The highest BCUT2D eigenvalue weighted by atomic mass is 19.4. The number of carbonyl (C=O) groups excluding carboxylic acids is 1. The van der Waals surface area contributed by atoms with E-state index >= 15 is 0 Å². The number of rotatable bonds is 0. The van der Waals surface area contributed by atoms with E-state index < -0.39 is 18.1 Å². The van der Waals surface area contributed by atoms with Crippen LogP contribution in [0.4, 0.5) is 13.2 Å². The molecule has 1 amide bonds. The van der Waals surface area contributed by atoms with Gasteiger partial charge in [-0.2, -0.15) is 13.2 Å². The molecule has 0 aliphatic carbocycles. The Labute approximate surface area is 55.4 Å². The SMILES string of the molecule is O=C1CCC(C(F)(F)F)N1. The van der Waals surface area contributed by atoms with E-state index in [2.05, 4.69) is 0 Å². The Kier molecular flexibility index (Phi) is 1.58. The Hall–Kier alpha value is -0.740. The van der Waals surface area contributed by atoms with Gasteiger partial charge in [0, 0.05) is 6.42 Å². The average molecular weight is 153 g/mol. The molecule has 1 atom stereocenters. The van der Waals surface area contributed by atoms with Crippen molar-refractivity contribution < 1.29 is 18.0 Å². The van der Waals surface area contributed by atoms with Gasteiger partial charge in [0.15, 0.2) is 0 Å². The number of nitrogens with one attached hydrogen (secondary N) is 1. The summed E-state index contributed by atoms with van der Waals surface area (Å²) < 4.78 is 35.2. The Bertz CT molecular complexity index is 153. The molecule has 10 heavy (non-hydrogen) atoms. The van der Waals surface area contributed by atoms with E-state index in [4.69, 9.17) is 0 Å². The van der Waals surface area contributed by atoms with Crippen LogP contribution in [0.15, 0.2) is 0 Å². The molecule has 58 valence electrons. The third kappa shape index (κ3) is 1.40. The summed E-state index contributed by atoms with van der Waals surface area (Å²) in [5, 5.41) is 1.83. The van der Waals surface area contributed by atoms with Crippen molar-refractivity contribution in [3.05, 3.63) is 0 Å². The molecule has 5 heteroatoms. The molecule has 1 aliphatic heterocycles. The maximum Gasteiger partial charge on any atom is 0.408 e. The van der Waals surface area contributed by atoms with Crippen molar-refractivity contribution in [1.29, 1.82) is 0 Å². The second kappa shape index (κ2) is 2.14. The summed E-state index contributed by atoms with van der Waals surface area (Å²) in [5.74, 6) is -0.512. The molecule has 1 heterocycles. The van der Waals surface area contributed by atoms with E-state index in [1.807, 2.05) is 5.32 Å². The molecule has 0 spiro atoms. The number of hydrogen-bond acceptors (Lipinski definition) is 1. The molecular weight excluding hydrogens is 147 g/mol. The van der Waals surface area contributed by atoms with Gasteiger partial charge in [-0.15, -0.1) is 0 Å². The van der Waals surface area contributed by atoms with Crippen LogP contribution in [-0.2, 0) is 4.79 Å². The molecule has 1 unspecified atom stereocenters. The molecule has 0 radical (unpaired) electrons. The van der Waals surface area contributed by atoms with Gasteiger partial charge in [0.25, 0.3) is 0 Å². The van der Waals surface area contributed by atoms with E-state index in [0.29, 0.717) is 0 Å². The fraction of sp³-hybridized carbons (Fsp3) is 0.800. The zero-order valence-corrected chi connectivity index (χ0v) is 5.03. The van der Waals surface area contributed by atoms with Gasteiger partial charge in [-0.1, -0.05) is 0 Å². The lowest BCUT2D eigenvalue weighted by Crippen LogP contribution is -2.38. The summed E-state index contributed by atoms with van der Waals surface area (Å²) in [5.41, 5.74) is 0. The number of amides is 1.